The molecule has 0 bridgehead atoms. The molecule has 0 saturated carbocycles. The number of aromatic nitrogens is 3. The van der Waals surface area contributed by atoms with Crippen molar-refractivity contribution in [1.82, 2.24) is 15.0 Å². The number of aromatic amines is 1. The second-order valence-electron chi connectivity index (χ2n) is 5.98. The van der Waals surface area contributed by atoms with Gasteiger partial charge in [0.1, 0.15) is 17.8 Å². The molecule has 0 unspecified atom stereocenters. The highest BCUT2D eigenvalue weighted by Gasteiger charge is 2.09. The number of nitrogens with one attached hydrogen (secondary N) is 2. The molecule has 0 spiro atoms. The molecule has 2 N–H and O–H groups in total. The van der Waals surface area contributed by atoms with E-state index in [1.165, 1.54) is 0 Å². The van der Waals surface area contributed by atoms with Gasteiger partial charge in [-0.05, 0) is 34.9 Å². The molecule has 4 nitrogen and oxygen atoms in total. The number of hydrogen-bond donors (Lipinski definition) is 2. The van der Waals surface area contributed by atoms with E-state index in [0.29, 0.717) is 12.4 Å². The predicted octanol–water partition coefficient (Wildman–Crippen LogP) is 5.63. The Morgan fingerprint density at radius 2 is 1.81 bits per heavy atom. The van der Waals surface area contributed by atoms with E-state index < -0.39 is 0 Å². The number of halogens is 2. The number of hydrogen-bond acceptors (Lipinski definition) is 3. The summed E-state index contributed by atoms with van der Waals surface area (Å²) in [5, 5.41) is 5.04. The largest absolute Gasteiger partial charge is 0.365 e. The molecule has 4 aromatic rings. The summed E-state index contributed by atoms with van der Waals surface area (Å²) in [6.45, 7) is 0.637. The Balaban J connectivity index is 1.62. The van der Waals surface area contributed by atoms with E-state index in [1.807, 2.05) is 36.4 Å². The van der Waals surface area contributed by atoms with E-state index in [0.717, 1.165) is 44.3 Å². The number of anilines is 1. The van der Waals surface area contributed by atoms with Crippen LogP contribution in [0.1, 0.15) is 11.1 Å². The minimum Gasteiger partial charge on any atom is -0.365 e. The molecule has 6 heteroatoms. The second-order valence-corrected chi connectivity index (χ2v) is 6.69. The Bertz CT molecular complexity index is 1040. The van der Waals surface area contributed by atoms with Crippen LogP contribution in [-0.2, 0) is 12.4 Å². The molecule has 0 saturated heterocycles. The van der Waals surface area contributed by atoms with E-state index in [-0.39, 0.29) is 0 Å². The van der Waals surface area contributed by atoms with Gasteiger partial charge < -0.3 is 10.3 Å². The Kier molecular flexibility index (Phi) is 4.78. The summed E-state index contributed by atoms with van der Waals surface area (Å²) in [6.07, 6.45) is 1.56. The van der Waals surface area contributed by atoms with Crippen molar-refractivity contribution in [2.45, 2.75) is 12.4 Å². The van der Waals surface area contributed by atoms with Gasteiger partial charge in [-0.25, -0.2) is 9.97 Å². The number of nitrogens with zero attached hydrogens (tertiary/aromatic N) is 2. The van der Waals surface area contributed by atoms with Gasteiger partial charge in [0, 0.05) is 23.1 Å². The molecule has 0 amide bonds. The van der Waals surface area contributed by atoms with E-state index in [1.54, 1.807) is 6.33 Å². The summed E-state index contributed by atoms with van der Waals surface area (Å²) in [5.41, 5.74) is 5.06. The molecule has 130 valence electrons. The maximum atomic E-state index is 6.05. The van der Waals surface area contributed by atoms with Crippen molar-refractivity contribution in [3.63, 3.8) is 0 Å². The minimum atomic E-state index is 0.510. The lowest BCUT2D eigenvalue weighted by molar-refractivity contribution is 1.10. The van der Waals surface area contributed by atoms with Gasteiger partial charge in [-0.2, -0.15) is 0 Å². The third-order valence-corrected chi connectivity index (χ3v) is 4.74. The lowest BCUT2D eigenvalue weighted by Gasteiger charge is -2.06. The van der Waals surface area contributed by atoms with Crippen molar-refractivity contribution in [2.24, 2.45) is 0 Å². The summed E-state index contributed by atoms with van der Waals surface area (Å²) >= 11 is 11.9. The molecule has 0 atom stereocenters. The van der Waals surface area contributed by atoms with E-state index in [9.17, 15) is 0 Å². The highest BCUT2D eigenvalue weighted by Crippen LogP contribution is 2.27. The molecular weight excluding hydrogens is 367 g/mol. The second kappa shape index (κ2) is 7.36. The summed E-state index contributed by atoms with van der Waals surface area (Å²) in [4.78, 5) is 12.1. The number of alkyl halides is 1. The van der Waals surface area contributed by atoms with Crippen LogP contribution < -0.4 is 5.32 Å². The molecule has 2 heterocycles. The van der Waals surface area contributed by atoms with Crippen LogP contribution in [0.2, 0.25) is 5.02 Å². The van der Waals surface area contributed by atoms with Gasteiger partial charge in [0.15, 0.2) is 0 Å². The summed E-state index contributed by atoms with van der Waals surface area (Å²) < 4.78 is 0. The van der Waals surface area contributed by atoms with Crippen LogP contribution in [0.5, 0.6) is 0 Å². The van der Waals surface area contributed by atoms with Crippen molar-refractivity contribution in [1.29, 1.82) is 0 Å². The number of rotatable bonds is 5. The van der Waals surface area contributed by atoms with Crippen LogP contribution in [0.15, 0.2) is 60.9 Å². The maximum absolute atomic E-state index is 6.05. The fourth-order valence-corrected chi connectivity index (χ4v) is 3.23. The maximum Gasteiger partial charge on any atom is 0.143 e. The van der Waals surface area contributed by atoms with Crippen LogP contribution in [0.3, 0.4) is 0 Å². The van der Waals surface area contributed by atoms with E-state index in [2.05, 4.69) is 38.5 Å². The molecule has 0 radical (unpaired) electrons. The molecule has 26 heavy (non-hydrogen) atoms. The van der Waals surface area contributed by atoms with Crippen molar-refractivity contribution in [3.05, 3.63) is 77.1 Å². The number of fused-ring (bicyclic) bond motifs is 1. The van der Waals surface area contributed by atoms with Crippen LogP contribution in [0.25, 0.3) is 22.3 Å². The van der Waals surface area contributed by atoms with Crippen LogP contribution >= 0.6 is 23.2 Å². The normalized spacial score (nSPS) is 11.0. The lowest BCUT2D eigenvalue weighted by atomic mass is 10.1. The van der Waals surface area contributed by atoms with Gasteiger partial charge in [-0.15, -0.1) is 11.6 Å². The highest BCUT2D eigenvalue weighted by molar-refractivity contribution is 6.30. The lowest BCUT2D eigenvalue weighted by Crippen LogP contribution is -2.01. The molecule has 0 fully saturated rings. The monoisotopic (exact) mass is 382 g/mol. The summed E-state index contributed by atoms with van der Waals surface area (Å²) in [6, 6.07) is 18.0. The highest BCUT2D eigenvalue weighted by atomic mass is 35.5. The number of H-pyrrole nitrogens is 1. The first-order valence-corrected chi connectivity index (χ1v) is 9.11. The van der Waals surface area contributed by atoms with Gasteiger partial charge in [0.25, 0.3) is 0 Å². The predicted molar refractivity (Wildman–Crippen MR) is 108 cm³/mol. The first kappa shape index (κ1) is 16.9. The van der Waals surface area contributed by atoms with Crippen molar-refractivity contribution < 1.29 is 0 Å². The molecule has 0 aliphatic heterocycles. The van der Waals surface area contributed by atoms with E-state index >= 15 is 0 Å². The third kappa shape index (κ3) is 3.52. The van der Waals surface area contributed by atoms with Crippen molar-refractivity contribution in [2.75, 3.05) is 5.32 Å². The minimum absolute atomic E-state index is 0.510. The van der Waals surface area contributed by atoms with E-state index in [4.69, 9.17) is 23.2 Å². The topological polar surface area (TPSA) is 53.6 Å². The Hall–Kier alpha value is -2.56. The Labute approximate surface area is 161 Å². The fraction of sp³-hybridized carbons (Fsp3) is 0.100. The van der Waals surface area contributed by atoms with Gasteiger partial charge in [0.2, 0.25) is 0 Å². The molecule has 2 aromatic carbocycles. The molecule has 2 aromatic heterocycles. The van der Waals surface area contributed by atoms with Gasteiger partial charge in [0.05, 0.1) is 5.39 Å². The Morgan fingerprint density at radius 1 is 0.962 bits per heavy atom. The quantitative estimate of drug-likeness (QED) is 0.439. The fourth-order valence-electron chi connectivity index (χ4n) is 2.84. The third-order valence-electron chi connectivity index (χ3n) is 4.19. The standard InChI is InChI=1S/C20H16Cl2N4/c21-10-13-4-6-15(7-5-13)18-9-17-19(24-12-25-20(17)26-18)23-11-14-2-1-3-16(22)8-14/h1-9,12H,10-11H2,(H2,23,24,25,26). The van der Waals surface area contributed by atoms with Crippen molar-refractivity contribution >= 4 is 40.1 Å². The van der Waals surface area contributed by atoms with Gasteiger partial charge in [-0.3, -0.25) is 0 Å². The molecule has 0 aliphatic rings. The van der Waals surface area contributed by atoms with Crippen LogP contribution in [0, 0.1) is 0 Å². The first-order chi connectivity index (χ1) is 12.7. The first-order valence-electron chi connectivity index (χ1n) is 8.20. The SMILES string of the molecule is ClCc1ccc(-c2cc3c(NCc4cccc(Cl)c4)ncnc3[nH]2)cc1. The van der Waals surface area contributed by atoms with Gasteiger partial charge in [-0.1, -0.05) is 48.0 Å². The van der Waals surface area contributed by atoms with Crippen LogP contribution in [-0.4, -0.2) is 15.0 Å². The average molecular weight is 383 g/mol. The zero-order valence-corrected chi connectivity index (χ0v) is 15.3. The smallest absolute Gasteiger partial charge is 0.143 e. The summed E-state index contributed by atoms with van der Waals surface area (Å²) in [5.74, 6) is 1.30. The number of benzene rings is 2. The molecule has 0 aliphatic carbocycles. The zero-order valence-electron chi connectivity index (χ0n) is 13.8. The average Bonchev–Trinajstić information content (AvgIpc) is 3.11. The molecular formula is C20H16Cl2N4. The zero-order chi connectivity index (χ0) is 17.9. The summed E-state index contributed by atoms with van der Waals surface area (Å²) in [7, 11) is 0. The van der Waals surface area contributed by atoms with Crippen LogP contribution in [0.4, 0.5) is 5.82 Å². The Morgan fingerprint density at radius 3 is 2.58 bits per heavy atom. The van der Waals surface area contributed by atoms with Gasteiger partial charge >= 0.3 is 0 Å². The van der Waals surface area contributed by atoms with Crippen molar-refractivity contribution in [3.8, 4) is 11.3 Å². The molecule has 4 rings (SSSR count).